The van der Waals surface area contributed by atoms with Crippen molar-refractivity contribution in [2.45, 2.75) is 31.8 Å². The second-order valence-corrected chi connectivity index (χ2v) is 5.81. The van der Waals surface area contributed by atoms with Gasteiger partial charge in [0.2, 0.25) is 0 Å². The fourth-order valence-corrected chi connectivity index (χ4v) is 2.74. The number of halogens is 1. The van der Waals surface area contributed by atoms with Gasteiger partial charge in [-0.25, -0.2) is 0 Å². The molecule has 1 aromatic rings. The van der Waals surface area contributed by atoms with E-state index >= 15 is 0 Å². The van der Waals surface area contributed by atoms with Crippen molar-refractivity contribution >= 4 is 15.9 Å². The van der Waals surface area contributed by atoms with Gasteiger partial charge in [-0.1, -0.05) is 28.1 Å². The Balaban J connectivity index is 2.02. The van der Waals surface area contributed by atoms with Gasteiger partial charge in [0.25, 0.3) is 0 Å². The number of nitrogens with one attached hydrogen (secondary N) is 1. The molecule has 0 amide bonds. The van der Waals surface area contributed by atoms with Crippen LogP contribution in [0, 0.1) is 0 Å². The van der Waals surface area contributed by atoms with Gasteiger partial charge in [-0.2, -0.15) is 0 Å². The number of likely N-dealkylation sites (N-methyl/N-ethyl adjacent to an activating group) is 1. The van der Waals surface area contributed by atoms with Crippen LogP contribution < -0.4 is 5.32 Å². The second-order valence-electron chi connectivity index (χ2n) is 4.89. The van der Waals surface area contributed by atoms with E-state index in [4.69, 9.17) is 0 Å². The summed E-state index contributed by atoms with van der Waals surface area (Å²) in [6.45, 7) is 4.59. The van der Waals surface area contributed by atoms with Gasteiger partial charge in [-0.05, 0) is 51.1 Å². The molecule has 1 saturated heterocycles. The Morgan fingerprint density at radius 1 is 1.35 bits per heavy atom. The highest BCUT2D eigenvalue weighted by Gasteiger charge is 2.22. The number of piperidine rings is 1. The van der Waals surface area contributed by atoms with E-state index in [1.807, 2.05) is 0 Å². The van der Waals surface area contributed by atoms with Crippen molar-refractivity contribution in [1.29, 1.82) is 0 Å². The van der Waals surface area contributed by atoms with Crippen LogP contribution in [0.25, 0.3) is 0 Å². The largest absolute Gasteiger partial charge is 0.315 e. The van der Waals surface area contributed by atoms with Gasteiger partial charge in [0.05, 0.1) is 0 Å². The molecule has 1 aliphatic heterocycles. The summed E-state index contributed by atoms with van der Waals surface area (Å²) in [4.78, 5) is 2.50. The first-order chi connectivity index (χ1) is 8.18. The van der Waals surface area contributed by atoms with E-state index in [0.29, 0.717) is 12.1 Å². The van der Waals surface area contributed by atoms with Crippen LogP contribution in [0.15, 0.2) is 28.7 Å². The molecule has 0 aliphatic carbocycles. The van der Waals surface area contributed by atoms with Gasteiger partial charge >= 0.3 is 0 Å². The molecule has 2 rings (SSSR count). The fraction of sp³-hybridized carbons (Fsp3) is 0.571. The van der Waals surface area contributed by atoms with E-state index in [1.165, 1.54) is 24.9 Å². The van der Waals surface area contributed by atoms with Crippen LogP contribution in [0.2, 0.25) is 0 Å². The van der Waals surface area contributed by atoms with Crippen molar-refractivity contribution in [1.82, 2.24) is 10.2 Å². The molecule has 1 N–H and O–H groups in total. The van der Waals surface area contributed by atoms with Crippen LogP contribution in [0.3, 0.4) is 0 Å². The maximum absolute atomic E-state index is 3.48. The van der Waals surface area contributed by atoms with Crippen molar-refractivity contribution in [3.05, 3.63) is 34.3 Å². The van der Waals surface area contributed by atoms with Crippen LogP contribution in [-0.2, 0) is 0 Å². The van der Waals surface area contributed by atoms with Gasteiger partial charge in [-0.15, -0.1) is 0 Å². The Labute approximate surface area is 113 Å². The summed E-state index contributed by atoms with van der Waals surface area (Å²) < 4.78 is 1.15. The molecular weight excluding hydrogens is 276 g/mol. The van der Waals surface area contributed by atoms with Crippen molar-refractivity contribution in [2.75, 3.05) is 20.1 Å². The average molecular weight is 297 g/mol. The van der Waals surface area contributed by atoms with Crippen molar-refractivity contribution in [2.24, 2.45) is 0 Å². The SMILES string of the molecule is CC(c1ccc(Br)cc1)N(C)C1CCCNC1. The van der Waals surface area contributed by atoms with E-state index in [2.05, 4.69) is 64.4 Å². The maximum atomic E-state index is 3.48. The van der Waals surface area contributed by atoms with E-state index in [1.54, 1.807) is 0 Å². The van der Waals surface area contributed by atoms with Gasteiger partial charge in [-0.3, -0.25) is 4.90 Å². The zero-order valence-corrected chi connectivity index (χ0v) is 12.2. The highest BCUT2D eigenvalue weighted by Crippen LogP contribution is 2.24. The van der Waals surface area contributed by atoms with E-state index in [9.17, 15) is 0 Å². The van der Waals surface area contributed by atoms with Crippen LogP contribution >= 0.6 is 15.9 Å². The molecule has 94 valence electrons. The molecule has 0 saturated carbocycles. The Morgan fingerprint density at radius 3 is 2.65 bits per heavy atom. The number of nitrogens with zero attached hydrogens (tertiary/aromatic N) is 1. The third kappa shape index (κ3) is 3.30. The van der Waals surface area contributed by atoms with Crippen LogP contribution in [0.5, 0.6) is 0 Å². The average Bonchev–Trinajstić information content (AvgIpc) is 2.39. The first-order valence-corrected chi connectivity index (χ1v) is 7.16. The summed E-state index contributed by atoms with van der Waals surface area (Å²) in [6, 6.07) is 9.82. The van der Waals surface area contributed by atoms with Gasteiger partial charge in [0, 0.05) is 23.1 Å². The Morgan fingerprint density at radius 2 is 2.06 bits per heavy atom. The highest BCUT2D eigenvalue weighted by atomic mass is 79.9. The molecule has 1 aliphatic rings. The van der Waals surface area contributed by atoms with Gasteiger partial charge in [0.15, 0.2) is 0 Å². The Hall–Kier alpha value is -0.380. The molecule has 2 nitrogen and oxygen atoms in total. The third-order valence-electron chi connectivity index (χ3n) is 3.81. The quantitative estimate of drug-likeness (QED) is 0.921. The van der Waals surface area contributed by atoms with E-state index in [-0.39, 0.29) is 0 Å². The van der Waals surface area contributed by atoms with Gasteiger partial charge < -0.3 is 5.32 Å². The standard InChI is InChI=1S/C14H21BrN2/c1-11(12-5-7-13(15)8-6-12)17(2)14-4-3-9-16-10-14/h5-8,11,14,16H,3-4,9-10H2,1-2H3. The van der Waals surface area contributed by atoms with E-state index in [0.717, 1.165) is 11.0 Å². The number of benzene rings is 1. The normalized spacial score (nSPS) is 22.7. The lowest BCUT2D eigenvalue weighted by atomic mass is 10.0. The molecule has 1 heterocycles. The summed E-state index contributed by atoms with van der Waals surface area (Å²) in [5, 5.41) is 3.48. The minimum absolute atomic E-state index is 0.480. The molecule has 0 spiro atoms. The number of rotatable bonds is 3. The van der Waals surface area contributed by atoms with Crippen molar-refractivity contribution in [3.8, 4) is 0 Å². The van der Waals surface area contributed by atoms with E-state index < -0.39 is 0 Å². The molecule has 17 heavy (non-hydrogen) atoms. The Bertz CT molecular complexity index is 344. The molecule has 2 atom stereocenters. The van der Waals surface area contributed by atoms with Crippen LogP contribution in [0.4, 0.5) is 0 Å². The fourth-order valence-electron chi connectivity index (χ4n) is 2.47. The topological polar surface area (TPSA) is 15.3 Å². The minimum Gasteiger partial charge on any atom is -0.315 e. The zero-order valence-electron chi connectivity index (χ0n) is 10.6. The van der Waals surface area contributed by atoms with Crippen molar-refractivity contribution < 1.29 is 0 Å². The second kappa shape index (κ2) is 5.98. The smallest absolute Gasteiger partial charge is 0.0320 e. The summed E-state index contributed by atoms with van der Waals surface area (Å²) in [7, 11) is 2.24. The lowest BCUT2D eigenvalue weighted by Crippen LogP contribution is -2.45. The first-order valence-electron chi connectivity index (χ1n) is 6.36. The lowest BCUT2D eigenvalue weighted by Gasteiger charge is -2.36. The highest BCUT2D eigenvalue weighted by molar-refractivity contribution is 9.10. The zero-order chi connectivity index (χ0) is 12.3. The van der Waals surface area contributed by atoms with Crippen molar-refractivity contribution in [3.63, 3.8) is 0 Å². The monoisotopic (exact) mass is 296 g/mol. The summed E-state index contributed by atoms with van der Waals surface area (Å²) in [5.41, 5.74) is 1.39. The predicted octanol–water partition coefficient (Wildman–Crippen LogP) is 3.19. The number of hydrogen-bond acceptors (Lipinski definition) is 2. The minimum atomic E-state index is 0.480. The maximum Gasteiger partial charge on any atom is 0.0320 e. The predicted molar refractivity (Wildman–Crippen MR) is 76.2 cm³/mol. The molecule has 1 aromatic carbocycles. The molecule has 0 aromatic heterocycles. The van der Waals surface area contributed by atoms with Crippen LogP contribution in [0.1, 0.15) is 31.4 Å². The molecular formula is C14H21BrN2. The first kappa shape index (κ1) is 13.1. The molecule has 2 unspecified atom stereocenters. The summed E-state index contributed by atoms with van der Waals surface area (Å²) in [5.74, 6) is 0. The molecule has 3 heteroatoms. The molecule has 1 fully saturated rings. The Kier molecular flexibility index (Phi) is 4.60. The third-order valence-corrected chi connectivity index (χ3v) is 4.34. The molecule has 0 bridgehead atoms. The lowest BCUT2D eigenvalue weighted by molar-refractivity contribution is 0.156. The summed E-state index contributed by atoms with van der Waals surface area (Å²) >= 11 is 3.48. The summed E-state index contributed by atoms with van der Waals surface area (Å²) in [6.07, 6.45) is 2.60. The number of hydrogen-bond donors (Lipinski definition) is 1. The van der Waals surface area contributed by atoms with Crippen LogP contribution in [-0.4, -0.2) is 31.1 Å². The molecule has 0 radical (unpaired) electrons. The van der Waals surface area contributed by atoms with Gasteiger partial charge in [0.1, 0.15) is 0 Å².